The molecular weight excluding hydrogens is 250 g/mol. The molecule has 1 N–H and O–H groups in total. The second-order valence-corrected chi connectivity index (χ2v) is 3.18. The Morgan fingerprint density at radius 3 is 3.14 bits per heavy atom. The fourth-order valence-corrected chi connectivity index (χ4v) is 1.33. The molecule has 0 atom stereocenters. The molecule has 1 aromatic rings. The number of aromatic nitrogens is 1. The quantitative estimate of drug-likeness (QED) is 0.836. The summed E-state index contributed by atoms with van der Waals surface area (Å²) in [6.45, 7) is 0. The molecule has 0 radical (unpaired) electrons. The van der Waals surface area contributed by atoms with E-state index in [0.717, 1.165) is 0 Å². The summed E-state index contributed by atoms with van der Waals surface area (Å²) in [4.78, 5) is 10.7. The predicted octanol–water partition coefficient (Wildman–Crippen LogP) is 1.70. The van der Waals surface area contributed by atoms with Gasteiger partial charge in [-0.05, 0) is 22.0 Å². The van der Waals surface area contributed by atoms with Crippen molar-refractivity contribution in [1.29, 1.82) is 5.26 Å². The number of carboxylic acid groups (broad SMARTS) is 1. The van der Waals surface area contributed by atoms with Gasteiger partial charge in [0.25, 0.3) is 0 Å². The Kier molecular flexibility index (Phi) is 3.42. The van der Waals surface area contributed by atoms with Gasteiger partial charge < -0.3 is 5.11 Å². The molecule has 0 aliphatic carbocycles. The van der Waals surface area contributed by atoms with E-state index in [1.165, 1.54) is 17.1 Å². The maximum Gasteiger partial charge on any atom is 0.355 e. The lowest BCUT2D eigenvalue weighted by Gasteiger charge is -1.97. The molecule has 72 valence electrons. The lowest BCUT2D eigenvalue weighted by atomic mass is 10.4. The first-order valence-corrected chi connectivity index (χ1v) is 4.46. The minimum atomic E-state index is -1.07. The molecule has 0 saturated carbocycles. The third-order valence-electron chi connectivity index (χ3n) is 1.41. The van der Waals surface area contributed by atoms with Gasteiger partial charge in [0.2, 0.25) is 0 Å². The molecular formula is C8H6BrN3O2. The van der Waals surface area contributed by atoms with E-state index in [2.05, 4.69) is 21.0 Å². The minimum absolute atomic E-state index is 0.0409. The van der Waals surface area contributed by atoms with Crippen molar-refractivity contribution in [2.24, 2.45) is 5.10 Å². The standard InChI is InChI=1S/C8H6BrN3O2/c9-6-2-5-12(7(6)8(13)14)11-4-1-3-10/h2,4-5H,1H2,(H,13,14)/b11-4+. The molecule has 1 rings (SSSR count). The van der Waals surface area contributed by atoms with Crippen LogP contribution in [-0.4, -0.2) is 22.0 Å². The number of rotatable bonds is 3. The van der Waals surface area contributed by atoms with E-state index in [0.29, 0.717) is 4.47 Å². The highest BCUT2D eigenvalue weighted by atomic mass is 79.9. The molecule has 5 nitrogen and oxygen atoms in total. The van der Waals surface area contributed by atoms with E-state index in [-0.39, 0.29) is 12.1 Å². The second-order valence-electron chi connectivity index (χ2n) is 2.32. The van der Waals surface area contributed by atoms with Gasteiger partial charge in [-0.25, -0.2) is 9.47 Å². The normalized spacial score (nSPS) is 10.3. The summed E-state index contributed by atoms with van der Waals surface area (Å²) >= 11 is 3.09. The number of aromatic carboxylic acids is 1. The van der Waals surface area contributed by atoms with Gasteiger partial charge in [0.15, 0.2) is 5.69 Å². The number of nitrogens with zero attached hydrogens (tertiary/aromatic N) is 3. The van der Waals surface area contributed by atoms with E-state index in [9.17, 15) is 4.79 Å². The molecule has 0 amide bonds. The van der Waals surface area contributed by atoms with Crippen molar-refractivity contribution in [3.05, 3.63) is 22.4 Å². The highest BCUT2D eigenvalue weighted by Gasteiger charge is 2.13. The van der Waals surface area contributed by atoms with Gasteiger partial charge in [-0.15, -0.1) is 0 Å². The van der Waals surface area contributed by atoms with Crippen LogP contribution in [0.15, 0.2) is 21.8 Å². The van der Waals surface area contributed by atoms with Crippen molar-refractivity contribution in [2.45, 2.75) is 6.42 Å². The average molecular weight is 256 g/mol. The third-order valence-corrected chi connectivity index (χ3v) is 2.05. The van der Waals surface area contributed by atoms with Gasteiger partial charge in [-0.1, -0.05) is 0 Å². The fraction of sp³-hybridized carbons (Fsp3) is 0.125. The molecule has 1 aromatic heterocycles. The Hall–Kier alpha value is -1.61. The minimum Gasteiger partial charge on any atom is -0.476 e. The summed E-state index contributed by atoms with van der Waals surface area (Å²) in [5.74, 6) is -1.07. The lowest BCUT2D eigenvalue weighted by molar-refractivity contribution is 0.0685. The van der Waals surface area contributed by atoms with Crippen LogP contribution in [0.4, 0.5) is 0 Å². The molecule has 0 spiro atoms. The number of halogens is 1. The van der Waals surface area contributed by atoms with Gasteiger partial charge in [-0.3, -0.25) is 0 Å². The fourth-order valence-electron chi connectivity index (χ4n) is 0.865. The topological polar surface area (TPSA) is 78.4 Å². The molecule has 0 fully saturated rings. The second kappa shape index (κ2) is 4.58. The van der Waals surface area contributed by atoms with Crippen LogP contribution in [0.25, 0.3) is 0 Å². The van der Waals surface area contributed by atoms with E-state index >= 15 is 0 Å². The average Bonchev–Trinajstić information content (AvgIpc) is 2.47. The van der Waals surface area contributed by atoms with Crippen LogP contribution in [-0.2, 0) is 0 Å². The van der Waals surface area contributed by atoms with Gasteiger partial charge >= 0.3 is 5.97 Å². The molecule has 0 aliphatic rings. The molecule has 0 unspecified atom stereocenters. The van der Waals surface area contributed by atoms with Crippen LogP contribution in [0.5, 0.6) is 0 Å². The maximum absolute atomic E-state index is 10.7. The van der Waals surface area contributed by atoms with Crippen molar-refractivity contribution in [3.8, 4) is 6.07 Å². The Labute approximate surface area is 88.4 Å². The molecule has 0 aliphatic heterocycles. The van der Waals surface area contributed by atoms with Gasteiger partial charge in [0.1, 0.15) is 0 Å². The van der Waals surface area contributed by atoms with Crippen LogP contribution >= 0.6 is 15.9 Å². The van der Waals surface area contributed by atoms with Crippen molar-refractivity contribution >= 4 is 28.1 Å². The summed E-state index contributed by atoms with van der Waals surface area (Å²) < 4.78 is 1.66. The summed E-state index contributed by atoms with van der Waals surface area (Å²) in [5.41, 5.74) is 0.0409. The smallest absolute Gasteiger partial charge is 0.355 e. The largest absolute Gasteiger partial charge is 0.476 e. The SMILES string of the molecule is N#CC/C=N/n1ccc(Br)c1C(=O)O. The number of hydrogen-bond acceptors (Lipinski definition) is 3. The van der Waals surface area contributed by atoms with Gasteiger partial charge in [-0.2, -0.15) is 10.4 Å². The van der Waals surface area contributed by atoms with E-state index in [1.807, 2.05) is 6.07 Å². The number of hydrogen-bond donors (Lipinski definition) is 1. The van der Waals surface area contributed by atoms with E-state index in [1.54, 1.807) is 6.07 Å². The zero-order valence-electron chi connectivity index (χ0n) is 7.01. The highest BCUT2D eigenvalue weighted by molar-refractivity contribution is 9.10. The Morgan fingerprint density at radius 2 is 2.57 bits per heavy atom. The van der Waals surface area contributed by atoms with E-state index in [4.69, 9.17) is 10.4 Å². The Morgan fingerprint density at radius 1 is 1.86 bits per heavy atom. The van der Waals surface area contributed by atoms with Crippen molar-refractivity contribution in [2.75, 3.05) is 0 Å². The van der Waals surface area contributed by atoms with Gasteiger partial charge in [0.05, 0.1) is 17.0 Å². The Balaban J connectivity index is 2.99. The zero-order valence-corrected chi connectivity index (χ0v) is 8.60. The van der Waals surface area contributed by atoms with Crippen LogP contribution in [0.1, 0.15) is 16.9 Å². The van der Waals surface area contributed by atoms with Crippen LogP contribution in [0, 0.1) is 11.3 Å². The number of nitriles is 1. The summed E-state index contributed by atoms with van der Waals surface area (Å²) in [5, 5.41) is 20.9. The molecule has 0 bridgehead atoms. The third kappa shape index (κ3) is 2.20. The molecule has 6 heteroatoms. The number of carbonyl (C=O) groups is 1. The first-order valence-electron chi connectivity index (χ1n) is 3.66. The van der Waals surface area contributed by atoms with Crippen molar-refractivity contribution in [3.63, 3.8) is 0 Å². The summed E-state index contributed by atoms with van der Waals surface area (Å²) in [7, 11) is 0. The summed E-state index contributed by atoms with van der Waals surface area (Å²) in [6, 6.07) is 3.45. The first-order chi connectivity index (χ1) is 6.66. The summed E-state index contributed by atoms with van der Waals surface area (Å²) in [6.07, 6.45) is 3.00. The van der Waals surface area contributed by atoms with Crippen LogP contribution < -0.4 is 0 Å². The van der Waals surface area contributed by atoms with E-state index < -0.39 is 5.97 Å². The first kappa shape index (κ1) is 10.5. The predicted molar refractivity (Wildman–Crippen MR) is 53.2 cm³/mol. The van der Waals surface area contributed by atoms with Gasteiger partial charge in [0, 0.05) is 12.4 Å². The molecule has 14 heavy (non-hydrogen) atoms. The number of carboxylic acids is 1. The van der Waals surface area contributed by atoms with Crippen LogP contribution in [0.3, 0.4) is 0 Å². The Bertz CT molecular complexity index is 417. The lowest BCUT2D eigenvalue weighted by Crippen LogP contribution is -2.04. The van der Waals surface area contributed by atoms with Crippen molar-refractivity contribution in [1.82, 2.24) is 4.68 Å². The van der Waals surface area contributed by atoms with Crippen molar-refractivity contribution < 1.29 is 9.90 Å². The molecule has 1 heterocycles. The maximum atomic E-state index is 10.7. The molecule has 0 saturated heterocycles. The van der Waals surface area contributed by atoms with Crippen LogP contribution in [0.2, 0.25) is 0 Å². The molecule has 0 aromatic carbocycles. The zero-order chi connectivity index (χ0) is 10.6. The highest BCUT2D eigenvalue weighted by Crippen LogP contribution is 2.17. The monoisotopic (exact) mass is 255 g/mol.